The van der Waals surface area contributed by atoms with Crippen molar-refractivity contribution in [3.63, 3.8) is 0 Å². The minimum atomic E-state index is -1.45. The molecule has 13 nitrogen and oxygen atoms in total. The maximum Gasteiger partial charge on any atom is 0.246 e. The van der Waals surface area contributed by atoms with E-state index in [1.54, 1.807) is 31.2 Å². The van der Waals surface area contributed by atoms with Crippen LogP contribution in [0.3, 0.4) is 0 Å². The molecule has 0 aromatic heterocycles. The maximum atomic E-state index is 13.7. The number of hydrogen-bond donors (Lipinski definition) is 4. The van der Waals surface area contributed by atoms with Crippen LogP contribution in [0.1, 0.15) is 51.2 Å². The SMILES string of the molecule is COc1ccc([C@@H](O)[C@H](NC(=O)[C@H](C)NC(=O)CN2CCOCC2)C(=O)N[C@@H](CC2=CCCC2)C(=O)[C@@]2(C)CO2)cc1.O. The molecule has 0 saturated carbocycles. The van der Waals surface area contributed by atoms with Crippen molar-refractivity contribution < 1.29 is 44.0 Å². The fourth-order valence-corrected chi connectivity index (χ4v) is 5.15. The van der Waals surface area contributed by atoms with Gasteiger partial charge in [-0.15, -0.1) is 0 Å². The van der Waals surface area contributed by atoms with Gasteiger partial charge < -0.3 is 40.7 Å². The number of aliphatic hydroxyl groups excluding tert-OH is 1. The Morgan fingerprint density at radius 2 is 1.74 bits per heavy atom. The number of carbonyl (C=O) groups is 4. The second-order valence-electron chi connectivity index (χ2n) is 11.3. The van der Waals surface area contributed by atoms with Crippen molar-refractivity contribution in [3.05, 3.63) is 41.5 Å². The molecule has 1 aromatic rings. The molecule has 43 heavy (non-hydrogen) atoms. The summed E-state index contributed by atoms with van der Waals surface area (Å²) in [6.45, 7) is 5.88. The number of ether oxygens (including phenoxy) is 3. The molecule has 5 atom stereocenters. The first kappa shape index (κ1) is 34.1. The summed E-state index contributed by atoms with van der Waals surface area (Å²) in [6, 6.07) is 3.12. The zero-order valence-corrected chi connectivity index (χ0v) is 25.0. The molecule has 3 amide bonds. The summed E-state index contributed by atoms with van der Waals surface area (Å²) < 4.78 is 15.9. The van der Waals surface area contributed by atoms with Crippen molar-refractivity contribution >= 4 is 23.5 Å². The number of morpholine rings is 1. The molecule has 238 valence electrons. The molecule has 2 fully saturated rings. The largest absolute Gasteiger partial charge is 0.497 e. The molecule has 0 radical (unpaired) electrons. The van der Waals surface area contributed by atoms with E-state index in [4.69, 9.17) is 14.2 Å². The predicted octanol–water partition coefficient (Wildman–Crippen LogP) is -0.431. The van der Waals surface area contributed by atoms with E-state index in [0.717, 1.165) is 24.8 Å². The van der Waals surface area contributed by atoms with Gasteiger partial charge in [-0.1, -0.05) is 23.8 Å². The second-order valence-corrected chi connectivity index (χ2v) is 11.3. The van der Waals surface area contributed by atoms with Crippen molar-refractivity contribution in [3.8, 4) is 5.75 Å². The summed E-state index contributed by atoms with van der Waals surface area (Å²) >= 11 is 0. The molecule has 4 rings (SSSR count). The average Bonchev–Trinajstić information content (AvgIpc) is 3.53. The van der Waals surface area contributed by atoms with Gasteiger partial charge in [0.05, 0.1) is 39.5 Å². The molecule has 13 heteroatoms. The molecule has 1 aliphatic carbocycles. The Labute approximate surface area is 251 Å². The van der Waals surface area contributed by atoms with Crippen LogP contribution >= 0.6 is 0 Å². The van der Waals surface area contributed by atoms with Gasteiger partial charge in [0.1, 0.15) is 29.5 Å². The number of allylic oxidation sites excluding steroid dienone is 1. The molecule has 0 spiro atoms. The van der Waals surface area contributed by atoms with Crippen LogP contribution < -0.4 is 20.7 Å². The minimum Gasteiger partial charge on any atom is -0.497 e. The van der Waals surface area contributed by atoms with E-state index in [1.807, 2.05) is 4.90 Å². The number of rotatable bonds is 14. The van der Waals surface area contributed by atoms with Crippen LogP contribution in [0.2, 0.25) is 0 Å². The van der Waals surface area contributed by atoms with Crippen LogP contribution in [0.25, 0.3) is 0 Å². The zero-order chi connectivity index (χ0) is 30.3. The van der Waals surface area contributed by atoms with E-state index in [1.165, 1.54) is 14.0 Å². The zero-order valence-electron chi connectivity index (χ0n) is 25.0. The summed E-state index contributed by atoms with van der Waals surface area (Å²) in [4.78, 5) is 54.8. The first-order valence-electron chi connectivity index (χ1n) is 14.5. The highest BCUT2D eigenvalue weighted by molar-refractivity contribution is 5.98. The van der Waals surface area contributed by atoms with Gasteiger partial charge in [0.2, 0.25) is 17.7 Å². The average molecular weight is 605 g/mol. The Morgan fingerprint density at radius 1 is 1.07 bits per heavy atom. The van der Waals surface area contributed by atoms with E-state index in [-0.39, 0.29) is 30.3 Å². The van der Waals surface area contributed by atoms with Gasteiger partial charge in [-0.3, -0.25) is 24.1 Å². The number of benzene rings is 1. The Balaban J connectivity index is 0.00000506. The van der Waals surface area contributed by atoms with Crippen molar-refractivity contribution in [1.82, 2.24) is 20.9 Å². The third-order valence-electron chi connectivity index (χ3n) is 7.93. The van der Waals surface area contributed by atoms with Crippen molar-refractivity contribution in [1.29, 1.82) is 0 Å². The van der Waals surface area contributed by atoms with E-state index in [0.29, 0.717) is 44.0 Å². The lowest BCUT2D eigenvalue weighted by molar-refractivity contribution is -0.136. The van der Waals surface area contributed by atoms with Crippen LogP contribution in [0, 0.1) is 0 Å². The molecule has 1 aromatic carbocycles. The normalized spacial score (nSPS) is 22.6. The monoisotopic (exact) mass is 604 g/mol. The lowest BCUT2D eigenvalue weighted by atomic mass is 9.93. The Morgan fingerprint density at radius 3 is 2.33 bits per heavy atom. The Bertz CT molecular complexity index is 1160. The first-order chi connectivity index (χ1) is 20.1. The van der Waals surface area contributed by atoms with Gasteiger partial charge in [-0.2, -0.15) is 0 Å². The molecule has 2 heterocycles. The van der Waals surface area contributed by atoms with Crippen LogP contribution in [0.5, 0.6) is 5.75 Å². The topological polar surface area (TPSA) is 190 Å². The number of hydrogen-bond acceptors (Lipinski definition) is 9. The Kier molecular flexibility index (Phi) is 12.2. The minimum absolute atomic E-state index is 0. The highest BCUT2D eigenvalue weighted by atomic mass is 16.6. The number of methoxy groups -OCH3 is 1. The van der Waals surface area contributed by atoms with Crippen LogP contribution in [-0.4, -0.2) is 109 Å². The van der Waals surface area contributed by atoms with E-state index >= 15 is 0 Å². The van der Waals surface area contributed by atoms with Crippen molar-refractivity contribution in [2.75, 3.05) is 46.6 Å². The number of ketones is 1. The van der Waals surface area contributed by atoms with Gasteiger partial charge in [0, 0.05) is 13.1 Å². The number of nitrogens with one attached hydrogen (secondary N) is 3. The Hall–Kier alpha value is -3.36. The molecule has 0 unspecified atom stereocenters. The standard InChI is InChI=1S/C30H42N4O8.H2O/c1-19(31-24(35)17-34-12-14-41-15-13-34)28(38)33-25(26(36)21-8-10-22(40-3)11-9-21)29(39)32-23(16-20-6-4-5-7-20)27(37)30(2)18-42-30;/h6,8-11,19,23,25-26,36H,4-5,7,12-18H2,1-3H3,(H,31,35)(H,32,39)(H,33,38);1H2/t19-,23-,25-,26+,30+;/m0./s1. The quantitative estimate of drug-likeness (QED) is 0.161. The second kappa shape index (κ2) is 15.4. The summed E-state index contributed by atoms with van der Waals surface area (Å²) in [5.41, 5.74) is 0.467. The fourth-order valence-electron chi connectivity index (χ4n) is 5.15. The van der Waals surface area contributed by atoms with Gasteiger partial charge in [0.15, 0.2) is 5.78 Å². The van der Waals surface area contributed by atoms with Crippen molar-refractivity contribution in [2.45, 2.75) is 69.4 Å². The molecule has 6 N–H and O–H groups in total. The predicted molar refractivity (Wildman–Crippen MR) is 156 cm³/mol. The molecule has 0 bridgehead atoms. The summed E-state index contributed by atoms with van der Waals surface area (Å²) in [6.07, 6.45) is 3.70. The smallest absolute Gasteiger partial charge is 0.246 e. The lowest BCUT2D eigenvalue weighted by Crippen LogP contribution is -2.58. The summed E-state index contributed by atoms with van der Waals surface area (Å²) in [7, 11) is 1.51. The molecular formula is C30H44N4O9. The van der Waals surface area contributed by atoms with E-state index in [2.05, 4.69) is 22.0 Å². The lowest BCUT2D eigenvalue weighted by Gasteiger charge is -2.29. The molecule has 2 aliphatic heterocycles. The molecular weight excluding hydrogens is 560 g/mol. The number of aliphatic hydroxyl groups is 1. The van der Waals surface area contributed by atoms with E-state index < -0.39 is 41.6 Å². The van der Waals surface area contributed by atoms with Gasteiger partial charge in [-0.25, -0.2) is 0 Å². The van der Waals surface area contributed by atoms with Gasteiger partial charge in [-0.05, 0) is 57.2 Å². The number of epoxide rings is 1. The molecule has 2 saturated heterocycles. The highest BCUT2D eigenvalue weighted by Crippen LogP contribution is 2.31. The number of Topliss-reactive ketones (excluding diaryl/α,β-unsaturated/α-hetero) is 1. The van der Waals surface area contributed by atoms with Crippen LogP contribution in [0.4, 0.5) is 0 Å². The van der Waals surface area contributed by atoms with Gasteiger partial charge in [0.25, 0.3) is 0 Å². The number of nitrogens with zero attached hydrogens (tertiary/aromatic N) is 1. The molecule has 3 aliphatic rings. The van der Waals surface area contributed by atoms with E-state index in [9.17, 15) is 24.3 Å². The number of amides is 3. The fraction of sp³-hybridized carbons (Fsp3) is 0.600. The number of carbonyl (C=O) groups excluding carboxylic acids is 4. The maximum absolute atomic E-state index is 13.7. The first-order valence-corrected chi connectivity index (χ1v) is 14.5. The van der Waals surface area contributed by atoms with Crippen molar-refractivity contribution in [2.24, 2.45) is 0 Å². The summed E-state index contributed by atoms with van der Waals surface area (Å²) in [5.74, 6) is -1.42. The third-order valence-corrected chi connectivity index (χ3v) is 7.93. The highest BCUT2D eigenvalue weighted by Gasteiger charge is 2.50. The van der Waals surface area contributed by atoms with Crippen LogP contribution in [-0.2, 0) is 28.7 Å². The third kappa shape index (κ3) is 9.31. The summed E-state index contributed by atoms with van der Waals surface area (Å²) in [5, 5.41) is 19.4. The van der Waals surface area contributed by atoms with Gasteiger partial charge >= 0.3 is 0 Å². The van der Waals surface area contributed by atoms with Crippen LogP contribution in [0.15, 0.2) is 35.9 Å².